The van der Waals surface area contributed by atoms with E-state index in [1.807, 2.05) is 60.7 Å². The maximum Gasteiger partial charge on any atom is 0.164 e. The topological polar surface area (TPSA) is 51.6 Å². The third kappa shape index (κ3) is 4.29. The van der Waals surface area contributed by atoms with Crippen molar-refractivity contribution < 1.29 is 0 Å². The van der Waals surface area contributed by atoms with Crippen LogP contribution in [0, 0.1) is 5.92 Å². The fourth-order valence-corrected chi connectivity index (χ4v) is 6.89. The molecule has 2 aromatic heterocycles. The van der Waals surface area contributed by atoms with Gasteiger partial charge in [-0.15, -0.1) is 0 Å². The zero-order valence-electron chi connectivity index (χ0n) is 25.1. The van der Waals surface area contributed by atoms with Gasteiger partial charge in [-0.25, -0.2) is 19.9 Å². The van der Waals surface area contributed by atoms with E-state index in [1.54, 1.807) is 0 Å². The highest BCUT2D eigenvalue weighted by Gasteiger charge is 2.42. The van der Waals surface area contributed by atoms with Gasteiger partial charge in [-0.1, -0.05) is 136 Å². The maximum absolute atomic E-state index is 5.28. The van der Waals surface area contributed by atoms with E-state index in [9.17, 15) is 0 Å². The van der Waals surface area contributed by atoms with Crippen LogP contribution in [0.3, 0.4) is 0 Å². The van der Waals surface area contributed by atoms with Crippen molar-refractivity contribution in [2.75, 3.05) is 0 Å². The van der Waals surface area contributed by atoms with Crippen LogP contribution in [-0.2, 0) is 5.41 Å². The van der Waals surface area contributed by atoms with Crippen molar-refractivity contribution in [3.05, 3.63) is 138 Å². The standard InChI is InChI=1S/C40H32N4/c1-25-21-22-30-32(23-25)40(2,3)35-34(31-19-10-11-20-33(31)41-36(30)35)28-17-12-18-29(24-28)39-43-37(26-13-6-4-7-14-26)42-38(44-39)27-15-8-5-9-16-27/h4-22,24-25H,23H2,1-3H3. The third-order valence-electron chi connectivity index (χ3n) is 9.08. The summed E-state index contributed by atoms with van der Waals surface area (Å²) >= 11 is 0. The van der Waals surface area contributed by atoms with E-state index in [0.717, 1.165) is 39.9 Å². The number of hydrogen-bond donors (Lipinski definition) is 0. The van der Waals surface area contributed by atoms with Crippen molar-refractivity contribution in [2.24, 2.45) is 5.92 Å². The van der Waals surface area contributed by atoms with Gasteiger partial charge >= 0.3 is 0 Å². The van der Waals surface area contributed by atoms with Gasteiger partial charge in [0.25, 0.3) is 0 Å². The lowest BCUT2D eigenvalue weighted by molar-refractivity contribution is 0.566. The highest BCUT2D eigenvalue weighted by Crippen LogP contribution is 2.54. The highest BCUT2D eigenvalue weighted by atomic mass is 15.0. The van der Waals surface area contributed by atoms with Crippen LogP contribution in [0.15, 0.2) is 127 Å². The van der Waals surface area contributed by atoms with E-state index < -0.39 is 0 Å². The second-order valence-electron chi connectivity index (χ2n) is 12.4. The first-order chi connectivity index (χ1) is 21.5. The van der Waals surface area contributed by atoms with Gasteiger partial charge in [-0.05, 0) is 41.2 Å². The first kappa shape index (κ1) is 26.4. The number of pyridine rings is 1. The molecule has 0 aliphatic heterocycles. The van der Waals surface area contributed by atoms with Crippen LogP contribution in [0.4, 0.5) is 0 Å². The number of fused-ring (bicyclic) bond motifs is 3. The van der Waals surface area contributed by atoms with Crippen molar-refractivity contribution in [1.29, 1.82) is 0 Å². The Bertz CT molecular complexity index is 2070. The smallest absolute Gasteiger partial charge is 0.164 e. The van der Waals surface area contributed by atoms with Gasteiger partial charge in [0.1, 0.15) is 0 Å². The second-order valence-corrected chi connectivity index (χ2v) is 12.4. The maximum atomic E-state index is 5.28. The van der Waals surface area contributed by atoms with Crippen molar-refractivity contribution in [3.63, 3.8) is 0 Å². The molecule has 0 radical (unpaired) electrons. The number of hydrogen-bond acceptors (Lipinski definition) is 4. The minimum absolute atomic E-state index is 0.139. The summed E-state index contributed by atoms with van der Waals surface area (Å²) in [5.41, 5.74) is 11.3. The lowest BCUT2D eigenvalue weighted by atomic mass is 9.74. The molecular formula is C40H32N4. The average Bonchev–Trinajstić information content (AvgIpc) is 3.29. The van der Waals surface area contributed by atoms with Crippen molar-refractivity contribution >= 4 is 16.5 Å². The van der Waals surface area contributed by atoms with E-state index in [4.69, 9.17) is 19.9 Å². The predicted octanol–water partition coefficient (Wildman–Crippen LogP) is 9.73. The van der Waals surface area contributed by atoms with Crippen LogP contribution in [0.25, 0.3) is 61.8 Å². The number of nitrogens with zero attached hydrogens (tertiary/aromatic N) is 4. The molecule has 4 heteroatoms. The molecular weight excluding hydrogens is 536 g/mol. The molecule has 1 atom stereocenters. The van der Waals surface area contributed by atoms with Crippen LogP contribution in [0.5, 0.6) is 0 Å². The molecule has 8 rings (SSSR count). The highest BCUT2D eigenvalue weighted by molar-refractivity contribution is 6.02. The molecule has 6 aromatic rings. The molecule has 0 N–H and O–H groups in total. The summed E-state index contributed by atoms with van der Waals surface area (Å²) < 4.78 is 0. The molecule has 0 saturated carbocycles. The quantitative estimate of drug-likeness (QED) is 0.212. The van der Waals surface area contributed by atoms with Crippen LogP contribution >= 0.6 is 0 Å². The summed E-state index contributed by atoms with van der Waals surface area (Å²) in [6.07, 6.45) is 5.69. The normalized spacial score (nSPS) is 16.7. The van der Waals surface area contributed by atoms with Gasteiger partial charge in [-0.3, -0.25) is 0 Å². The molecule has 4 nitrogen and oxygen atoms in total. The number of rotatable bonds is 4. The zero-order valence-corrected chi connectivity index (χ0v) is 25.1. The predicted molar refractivity (Wildman–Crippen MR) is 180 cm³/mol. The largest absolute Gasteiger partial charge is 0.247 e. The van der Waals surface area contributed by atoms with Gasteiger partial charge in [0.05, 0.1) is 11.2 Å². The second kappa shape index (κ2) is 10.2. The van der Waals surface area contributed by atoms with Gasteiger partial charge in [-0.2, -0.15) is 0 Å². The first-order valence-electron chi connectivity index (χ1n) is 15.3. The van der Waals surface area contributed by atoms with Crippen molar-refractivity contribution in [2.45, 2.75) is 32.6 Å². The fraction of sp³-hybridized carbons (Fsp3) is 0.150. The van der Waals surface area contributed by atoms with E-state index in [0.29, 0.717) is 23.4 Å². The number of benzene rings is 4. The van der Waals surface area contributed by atoms with Gasteiger partial charge in [0.15, 0.2) is 17.5 Å². The molecule has 0 bridgehead atoms. The number of aromatic nitrogens is 4. The van der Waals surface area contributed by atoms with Crippen molar-refractivity contribution in [3.8, 4) is 45.3 Å². The molecule has 0 spiro atoms. The lowest BCUT2D eigenvalue weighted by Crippen LogP contribution is -2.20. The van der Waals surface area contributed by atoms with Crippen LogP contribution in [0.1, 0.15) is 38.4 Å². The number of para-hydroxylation sites is 1. The monoisotopic (exact) mass is 568 g/mol. The Kier molecular flexibility index (Phi) is 6.12. The molecule has 0 amide bonds. The molecule has 4 aromatic carbocycles. The summed E-state index contributed by atoms with van der Waals surface area (Å²) in [4.78, 5) is 20.2. The molecule has 2 heterocycles. The van der Waals surface area contributed by atoms with Crippen LogP contribution < -0.4 is 0 Å². The Morgan fingerprint density at radius 2 is 1.18 bits per heavy atom. The van der Waals surface area contributed by atoms with E-state index in [2.05, 4.69) is 81.5 Å². The molecule has 2 aliphatic rings. The third-order valence-corrected chi connectivity index (χ3v) is 9.08. The van der Waals surface area contributed by atoms with E-state index in [-0.39, 0.29) is 5.41 Å². The molecule has 0 fully saturated rings. The van der Waals surface area contributed by atoms with Gasteiger partial charge < -0.3 is 0 Å². The van der Waals surface area contributed by atoms with Crippen LogP contribution in [-0.4, -0.2) is 19.9 Å². The molecule has 1 unspecified atom stereocenters. The Morgan fingerprint density at radius 1 is 0.614 bits per heavy atom. The average molecular weight is 569 g/mol. The summed E-state index contributed by atoms with van der Waals surface area (Å²) in [6.45, 7) is 7.04. The molecule has 44 heavy (non-hydrogen) atoms. The summed E-state index contributed by atoms with van der Waals surface area (Å²) in [6, 6.07) is 37.5. The Balaban J connectivity index is 1.34. The van der Waals surface area contributed by atoms with Gasteiger partial charge in [0.2, 0.25) is 0 Å². The molecule has 212 valence electrons. The Labute approximate surface area is 257 Å². The van der Waals surface area contributed by atoms with E-state index in [1.165, 1.54) is 27.7 Å². The zero-order chi connectivity index (χ0) is 29.8. The summed E-state index contributed by atoms with van der Waals surface area (Å²) in [7, 11) is 0. The van der Waals surface area contributed by atoms with Crippen LogP contribution in [0.2, 0.25) is 0 Å². The minimum atomic E-state index is -0.139. The summed E-state index contributed by atoms with van der Waals surface area (Å²) in [5.74, 6) is 2.50. The Morgan fingerprint density at radius 3 is 1.86 bits per heavy atom. The number of allylic oxidation sites excluding steroid dienone is 4. The summed E-state index contributed by atoms with van der Waals surface area (Å²) in [5, 5.41) is 1.17. The fourth-order valence-electron chi connectivity index (χ4n) is 6.89. The van der Waals surface area contributed by atoms with E-state index >= 15 is 0 Å². The SMILES string of the molecule is CC1C=CC2=C(C1)C(C)(C)c1c2nc2ccccc2c1-c1cccc(-c2nc(-c3ccccc3)nc(-c3ccccc3)n2)c1. The van der Waals surface area contributed by atoms with Gasteiger partial charge in [0, 0.05) is 33.1 Å². The lowest BCUT2D eigenvalue weighted by Gasteiger charge is -2.29. The molecule has 2 aliphatic carbocycles. The Hall–Kier alpha value is -5.22. The first-order valence-corrected chi connectivity index (χ1v) is 15.3. The van der Waals surface area contributed by atoms with Crippen molar-refractivity contribution in [1.82, 2.24) is 19.9 Å². The minimum Gasteiger partial charge on any atom is -0.247 e. The molecule has 0 saturated heterocycles.